The van der Waals surface area contributed by atoms with Crippen molar-refractivity contribution in [2.75, 3.05) is 26.9 Å². The summed E-state index contributed by atoms with van der Waals surface area (Å²) in [6.07, 6.45) is -28.6. The third-order valence-electron chi connectivity index (χ3n) is 10.0. The van der Waals surface area contributed by atoms with E-state index >= 15 is 0 Å². The number of carbonyl (C=O) groups excluding carboxylic acids is 2. The summed E-state index contributed by atoms with van der Waals surface area (Å²) in [7, 11) is 1.29. The normalized spacial score (nSPS) is 45.2. The second-order valence-electron chi connectivity index (χ2n) is 14.1. The minimum atomic E-state index is -1.93. The number of unbranched alkanes of at least 4 members (excludes halogenated alkanes) is 2. The first-order chi connectivity index (χ1) is 26.0. The lowest BCUT2D eigenvalue weighted by molar-refractivity contribution is -0.386. The van der Waals surface area contributed by atoms with Gasteiger partial charge in [0.25, 0.3) is 0 Å². The largest absolute Gasteiger partial charge is 0.469 e. The lowest BCUT2D eigenvalue weighted by Crippen LogP contribution is -2.70. The zero-order valence-electron chi connectivity index (χ0n) is 31.0. The van der Waals surface area contributed by atoms with Crippen LogP contribution in [0.15, 0.2) is 0 Å². The summed E-state index contributed by atoms with van der Waals surface area (Å²) in [6.45, 7) is 2.38. The Balaban J connectivity index is 1.56. The fraction of sp³-hybridized carbons (Fsp3) is 0.939. The zero-order valence-corrected chi connectivity index (χ0v) is 31.0. The monoisotopic (exact) mass is 803 g/mol. The van der Waals surface area contributed by atoms with Gasteiger partial charge in [-0.3, -0.25) is 9.59 Å². The van der Waals surface area contributed by atoms with Crippen LogP contribution in [-0.2, 0) is 52.2 Å². The average Bonchev–Trinajstić information content (AvgIpc) is 3.15. The quantitative estimate of drug-likeness (QED) is 0.0511. The third-order valence-corrected chi connectivity index (χ3v) is 10.0. The van der Waals surface area contributed by atoms with Crippen LogP contribution in [0.4, 0.5) is 0 Å². The standard InChI is InChI=1S/C33H57NO21/c1-12-19(39)23(43)25(45)32(50-12)55-29-24(44)21(41)15(10-35)52-33(29)53-27-18(34-14(3)37)30(51-16(11-36)22(27)42)54-28-20(40)13(2)49-31(26(28)46)48-9-7-5-6-8-17(38)47-4/h12-13,15-16,18-33,35-36,39-46H,5-11H2,1-4H3,(H,34,37)/t12-,13-,15+,16+,18+,19-,20-,21-,22+,23+,24-,25+,26+,27+,28+,29+,30+,31+,32-,33+/m0/s1. The van der Waals surface area contributed by atoms with Gasteiger partial charge >= 0.3 is 5.97 Å². The Kier molecular flexibility index (Phi) is 17.3. The van der Waals surface area contributed by atoms with Gasteiger partial charge in [0.2, 0.25) is 5.91 Å². The van der Waals surface area contributed by atoms with Gasteiger partial charge in [-0.2, -0.15) is 0 Å². The second-order valence-corrected chi connectivity index (χ2v) is 14.1. The predicted octanol–water partition coefficient (Wildman–Crippen LogP) is -5.79. The van der Waals surface area contributed by atoms with E-state index in [-0.39, 0.29) is 19.0 Å². The first-order valence-corrected chi connectivity index (χ1v) is 18.2. The first kappa shape index (κ1) is 45.9. The number of esters is 1. The van der Waals surface area contributed by atoms with Crippen LogP contribution in [0.5, 0.6) is 0 Å². The maximum Gasteiger partial charge on any atom is 0.305 e. The molecule has 4 heterocycles. The molecule has 0 aliphatic carbocycles. The number of aliphatic hydroxyl groups excluding tert-OH is 10. The highest BCUT2D eigenvalue weighted by Crippen LogP contribution is 2.35. The number of amides is 1. The van der Waals surface area contributed by atoms with Gasteiger partial charge in [-0.05, 0) is 26.7 Å². The summed E-state index contributed by atoms with van der Waals surface area (Å²) in [5.41, 5.74) is 0. The minimum Gasteiger partial charge on any atom is -0.469 e. The van der Waals surface area contributed by atoms with Gasteiger partial charge in [-0.15, -0.1) is 0 Å². The van der Waals surface area contributed by atoms with E-state index in [9.17, 15) is 60.7 Å². The topological polar surface area (TPSA) is 332 Å². The molecule has 0 unspecified atom stereocenters. The van der Waals surface area contributed by atoms with Gasteiger partial charge in [0.05, 0.1) is 32.5 Å². The molecule has 0 radical (unpaired) electrons. The lowest BCUT2D eigenvalue weighted by atomic mass is 9.94. The number of hydrogen-bond acceptors (Lipinski definition) is 21. The van der Waals surface area contributed by atoms with Gasteiger partial charge in [0, 0.05) is 20.0 Å². The highest BCUT2D eigenvalue weighted by molar-refractivity contribution is 5.73. The number of ether oxygens (including phenoxy) is 9. The number of aliphatic hydroxyl groups is 10. The fourth-order valence-corrected chi connectivity index (χ4v) is 6.78. The molecule has 11 N–H and O–H groups in total. The van der Waals surface area contributed by atoms with Crippen molar-refractivity contribution in [1.29, 1.82) is 0 Å². The Bertz CT molecular complexity index is 1200. The summed E-state index contributed by atoms with van der Waals surface area (Å²) in [5, 5.41) is 109. The van der Waals surface area contributed by atoms with Gasteiger partial charge in [0.1, 0.15) is 85.4 Å². The Morgan fingerprint density at radius 1 is 0.582 bits per heavy atom. The van der Waals surface area contributed by atoms with Crippen molar-refractivity contribution in [3.05, 3.63) is 0 Å². The zero-order chi connectivity index (χ0) is 40.7. The van der Waals surface area contributed by atoms with E-state index in [4.69, 9.17) is 37.9 Å². The molecule has 4 rings (SSSR count). The van der Waals surface area contributed by atoms with Crippen LogP contribution in [0.3, 0.4) is 0 Å². The van der Waals surface area contributed by atoms with Crippen LogP contribution in [-0.4, -0.2) is 213 Å². The number of hydrogen-bond donors (Lipinski definition) is 11. The van der Waals surface area contributed by atoms with Crippen LogP contribution in [0.25, 0.3) is 0 Å². The lowest BCUT2D eigenvalue weighted by Gasteiger charge is -2.50. The molecule has 4 aliphatic rings. The van der Waals surface area contributed by atoms with Gasteiger partial charge in [-0.1, -0.05) is 6.42 Å². The summed E-state index contributed by atoms with van der Waals surface area (Å²) in [4.78, 5) is 23.9. The fourth-order valence-electron chi connectivity index (χ4n) is 6.78. The average molecular weight is 804 g/mol. The Morgan fingerprint density at radius 3 is 1.80 bits per heavy atom. The van der Waals surface area contributed by atoms with Gasteiger partial charge in [0.15, 0.2) is 25.2 Å². The van der Waals surface area contributed by atoms with Crippen LogP contribution in [0.2, 0.25) is 0 Å². The SMILES string of the molecule is COC(=O)CCCCCO[C@@H]1O[C@@H](C)[C@H](O)[C@@H](O[C@H]2O[C@H](CO)[C@@H](O)[C@H](O[C@H]3O[C@H](CO)[C@H](O)[C@H](O)[C@H]3O[C@@H]3O[C@@H](C)[C@H](O)[C@@H](O)[C@H]3O)[C@H]2NC(C)=O)[C@H]1O. The molecular formula is C33H57NO21. The summed E-state index contributed by atoms with van der Waals surface area (Å²) in [6, 6.07) is -1.53. The molecule has 0 saturated carbocycles. The van der Waals surface area contributed by atoms with Crippen molar-refractivity contribution in [2.45, 2.75) is 169 Å². The molecule has 4 fully saturated rings. The van der Waals surface area contributed by atoms with E-state index in [1.54, 1.807) is 0 Å². The highest BCUT2D eigenvalue weighted by Gasteiger charge is 2.56. The van der Waals surface area contributed by atoms with Crippen molar-refractivity contribution in [1.82, 2.24) is 5.32 Å². The van der Waals surface area contributed by atoms with Crippen LogP contribution < -0.4 is 5.32 Å². The van der Waals surface area contributed by atoms with Gasteiger partial charge < -0.3 is 99.0 Å². The van der Waals surface area contributed by atoms with E-state index < -0.39 is 142 Å². The van der Waals surface area contributed by atoms with Gasteiger partial charge in [-0.25, -0.2) is 0 Å². The number of carbonyl (C=O) groups is 2. The number of rotatable bonds is 16. The highest BCUT2D eigenvalue weighted by atomic mass is 16.8. The number of nitrogens with one attached hydrogen (secondary N) is 1. The molecule has 22 heteroatoms. The molecule has 0 aromatic heterocycles. The molecule has 320 valence electrons. The summed E-state index contributed by atoms with van der Waals surface area (Å²) in [5.74, 6) is -1.06. The number of methoxy groups -OCH3 is 1. The molecule has 22 nitrogen and oxygen atoms in total. The van der Waals surface area contributed by atoms with Crippen molar-refractivity contribution >= 4 is 11.9 Å². The molecule has 4 saturated heterocycles. The Labute approximate surface area is 316 Å². The molecule has 1 amide bonds. The van der Waals surface area contributed by atoms with E-state index in [1.807, 2.05) is 0 Å². The maximum absolute atomic E-state index is 12.5. The summed E-state index contributed by atoms with van der Waals surface area (Å²) >= 11 is 0. The second kappa shape index (κ2) is 20.8. The Hall–Kier alpha value is -1.78. The molecule has 0 aromatic rings. The van der Waals surface area contributed by atoms with E-state index in [1.165, 1.54) is 21.0 Å². The van der Waals surface area contributed by atoms with E-state index in [0.717, 1.165) is 6.92 Å². The smallest absolute Gasteiger partial charge is 0.305 e. The summed E-state index contributed by atoms with van der Waals surface area (Å²) < 4.78 is 51.0. The molecule has 4 aliphatic heterocycles. The first-order valence-electron chi connectivity index (χ1n) is 18.2. The van der Waals surface area contributed by atoms with Crippen molar-refractivity contribution < 1.29 is 103 Å². The maximum atomic E-state index is 12.5. The third kappa shape index (κ3) is 11.0. The molecule has 20 atom stereocenters. The Morgan fingerprint density at radius 2 is 1.16 bits per heavy atom. The van der Waals surface area contributed by atoms with Crippen molar-refractivity contribution in [2.24, 2.45) is 0 Å². The van der Waals surface area contributed by atoms with E-state index in [2.05, 4.69) is 10.1 Å². The molecule has 0 aromatic carbocycles. The molecular weight excluding hydrogens is 746 g/mol. The van der Waals surface area contributed by atoms with Crippen molar-refractivity contribution in [3.63, 3.8) is 0 Å². The predicted molar refractivity (Wildman–Crippen MR) is 177 cm³/mol. The molecule has 55 heavy (non-hydrogen) atoms. The van der Waals surface area contributed by atoms with Crippen LogP contribution >= 0.6 is 0 Å². The van der Waals surface area contributed by atoms with Crippen molar-refractivity contribution in [3.8, 4) is 0 Å². The minimum absolute atomic E-state index is 0.100. The molecule has 0 bridgehead atoms. The van der Waals surface area contributed by atoms with Crippen LogP contribution in [0.1, 0.15) is 46.5 Å². The van der Waals surface area contributed by atoms with Crippen LogP contribution in [0, 0.1) is 0 Å². The van der Waals surface area contributed by atoms with E-state index in [0.29, 0.717) is 19.3 Å². The molecule has 0 spiro atoms.